The van der Waals surface area contributed by atoms with Gasteiger partial charge in [-0.25, -0.2) is 0 Å². The maximum absolute atomic E-state index is 2.41. The quantitative estimate of drug-likeness (QED) is 0.200. The molecular formula is C21H40. The summed E-state index contributed by atoms with van der Waals surface area (Å²) in [6.45, 7) is 4.40. The fourth-order valence-corrected chi connectivity index (χ4v) is 2.68. The van der Waals surface area contributed by atoms with Gasteiger partial charge in [-0.05, 0) is 45.4 Å². The average Bonchev–Trinajstić information content (AvgIpc) is 2.50. The molecule has 0 atom stereocenters. The van der Waals surface area contributed by atoms with Crippen LogP contribution >= 0.6 is 0 Å². The maximum Gasteiger partial charge on any atom is -0.0351 e. The predicted molar refractivity (Wildman–Crippen MR) is 98.9 cm³/mol. The molecule has 0 aliphatic heterocycles. The molecule has 0 heteroatoms. The number of hydrogen-bond donors (Lipinski definition) is 0. The third kappa shape index (κ3) is 19.5. The molecule has 0 spiro atoms. The van der Waals surface area contributed by atoms with Crippen molar-refractivity contribution in [2.45, 2.75) is 110 Å². The molecule has 0 aliphatic carbocycles. The average molecular weight is 293 g/mol. The zero-order chi connectivity index (χ0) is 15.4. The van der Waals surface area contributed by atoms with Gasteiger partial charge in [-0.3, -0.25) is 0 Å². The van der Waals surface area contributed by atoms with E-state index in [1.165, 1.54) is 96.3 Å². The van der Waals surface area contributed by atoms with Gasteiger partial charge in [0.05, 0.1) is 0 Å². The van der Waals surface area contributed by atoms with E-state index in [0.717, 1.165) is 0 Å². The van der Waals surface area contributed by atoms with Crippen molar-refractivity contribution in [1.82, 2.24) is 0 Å². The minimum Gasteiger partial charge on any atom is -0.0917 e. The smallest absolute Gasteiger partial charge is 0.0351 e. The first-order valence-electron chi connectivity index (χ1n) is 9.68. The summed E-state index contributed by atoms with van der Waals surface area (Å²) < 4.78 is 0. The number of unbranched alkanes of at least 4 members (excludes halogenated alkanes) is 13. The van der Waals surface area contributed by atoms with Crippen LogP contribution in [0, 0.1) is 0 Å². The summed E-state index contributed by atoms with van der Waals surface area (Å²) >= 11 is 0. The van der Waals surface area contributed by atoms with Gasteiger partial charge in [0, 0.05) is 0 Å². The first kappa shape index (κ1) is 20.5. The Morgan fingerprint density at radius 1 is 0.476 bits per heavy atom. The van der Waals surface area contributed by atoms with Gasteiger partial charge in [-0.2, -0.15) is 0 Å². The molecule has 0 N–H and O–H groups in total. The van der Waals surface area contributed by atoms with Gasteiger partial charge in [-0.1, -0.05) is 89.0 Å². The second-order valence-electron chi connectivity index (χ2n) is 6.30. The summed E-state index contributed by atoms with van der Waals surface area (Å²) in [5.74, 6) is 0. The van der Waals surface area contributed by atoms with Crippen molar-refractivity contribution in [3.63, 3.8) is 0 Å². The van der Waals surface area contributed by atoms with Crippen LogP contribution in [0.5, 0.6) is 0 Å². The van der Waals surface area contributed by atoms with Crippen LogP contribution in [0.3, 0.4) is 0 Å². The third-order valence-electron chi connectivity index (χ3n) is 4.12. The fourth-order valence-electron chi connectivity index (χ4n) is 2.68. The summed E-state index contributed by atoms with van der Waals surface area (Å²) in [6.07, 6.45) is 30.1. The summed E-state index contributed by atoms with van der Waals surface area (Å²) in [6, 6.07) is 0. The standard InChI is InChI=1S/C21H40/c1-3-5-7-9-11-13-15-17-19-21-20-18-16-14-12-10-8-6-4-2/h3,5,18,20H,4,6-17,19,21H2,1-2H3. The summed E-state index contributed by atoms with van der Waals surface area (Å²) in [5.41, 5.74) is 0. The Balaban J connectivity index is 3.05. The summed E-state index contributed by atoms with van der Waals surface area (Å²) in [5, 5.41) is 0. The van der Waals surface area contributed by atoms with Gasteiger partial charge in [0.1, 0.15) is 0 Å². The molecule has 0 aromatic rings. The van der Waals surface area contributed by atoms with Gasteiger partial charge in [0.2, 0.25) is 0 Å². The molecule has 0 aromatic heterocycles. The van der Waals surface area contributed by atoms with Gasteiger partial charge < -0.3 is 0 Å². The van der Waals surface area contributed by atoms with E-state index in [4.69, 9.17) is 0 Å². The molecule has 0 amide bonds. The van der Waals surface area contributed by atoms with Gasteiger partial charge >= 0.3 is 0 Å². The first-order valence-corrected chi connectivity index (χ1v) is 9.68. The number of rotatable bonds is 16. The third-order valence-corrected chi connectivity index (χ3v) is 4.12. The lowest BCUT2D eigenvalue weighted by molar-refractivity contribution is 0.598. The minimum absolute atomic E-state index is 1.28. The normalized spacial score (nSPS) is 11.9. The van der Waals surface area contributed by atoms with Crippen molar-refractivity contribution >= 4 is 0 Å². The molecule has 0 fully saturated rings. The minimum atomic E-state index is 1.28. The van der Waals surface area contributed by atoms with E-state index in [1.54, 1.807) is 0 Å². The lowest BCUT2D eigenvalue weighted by atomic mass is 10.1. The van der Waals surface area contributed by atoms with Crippen molar-refractivity contribution in [3.8, 4) is 0 Å². The van der Waals surface area contributed by atoms with Crippen LogP contribution in [0.1, 0.15) is 110 Å². The largest absolute Gasteiger partial charge is 0.0917 e. The number of hydrogen-bond acceptors (Lipinski definition) is 0. The molecule has 0 heterocycles. The first-order chi connectivity index (χ1) is 10.4. The molecule has 0 nitrogen and oxygen atoms in total. The Labute approximate surface area is 135 Å². The van der Waals surface area contributed by atoms with Gasteiger partial charge in [0.25, 0.3) is 0 Å². The van der Waals surface area contributed by atoms with Crippen LogP contribution in [0.25, 0.3) is 0 Å². The van der Waals surface area contributed by atoms with E-state index in [0.29, 0.717) is 0 Å². The van der Waals surface area contributed by atoms with E-state index in [9.17, 15) is 0 Å². The molecule has 0 aromatic carbocycles. The number of allylic oxidation sites excluding steroid dienone is 4. The Bertz CT molecular complexity index is 224. The molecule has 124 valence electrons. The molecule has 0 radical (unpaired) electrons. The van der Waals surface area contributed by atoms with E-state index >= 15 is 0 Å². The second-order valence-corrected chi connectivity index (χ2v) is 6.30. The highest BCUT2D eigenvalue weighted by atomic mass is 14.0. The lowest BCUT2D eigenvalue weighted by Crippen LogP contribution is -1.80. The Kier molecular flexibility index (Phi) is 19.0. The maximum atomic E-state index is 2.41. The molecule has 0 saturated heterocycles. The van der Waals surface area contributed by atoms with E-state index in [-0.39, 0.29) is 0 Å². The highest BCUT2D eigenvalue weighted by molar-refractivity contribution is 4.81. The van der Waals surface area contributed by atoms with Crippen LogP contribution < -0.4 is 0 Å². The molecular weight excluding hydrogens is 252 g/mol. The van der Waals surface area contributed by atoms with Crippen LogP contribution in [0.15, 0.2) is 24.3 Å². The predicted octanol–water partition coefficient (Wildman–Crippen LogP) is 7.99. The van der Waals surface area contributed by atoms with Crippen molar-refractivity contribution < 1.29 is 0 Å². The molecule has 0 unspecified atom stereocenters. The SMILES string of the molecule is CC=CCCCCCCCCC=CCCCCCCCC. The highest BCUT2D eigenvalue weighted by Gasteiger charge is 1.90. The monoisotopic (exact) mass is 292 g/mol. The highest BCUT2D eigenvalue weighted by Crippen LogP contribution is 2.10. The fraction of sp³-hybridized carbons (Fsp3) is 0.810. The lowest BCUT2D eigenvalue weighted by Gasteiger charge is -1.99. The van der Waals surface area contributed by atoms with Crippen molar-refractivity contribution in [2.75, 3.05) is 0 Å². The Hall–Kier alpha value is -0.520. The Morgan fingerprint density at radius 3 is 1.29 bits per heavy atom. The van der Waals surface area contributed by atoms with Gasteiger partial charge in [-0.15, -0.1) is 0 Å². The van der Waals surface area contributed by atoms with E-state index in [2.05, 4.69) is 38.2 Å². The van der Waals surface area contributed by atoms with Crippen LogP contribution in [0.2, 0.25) is 0 Å². The van der Waals surface area contributed by atoms with Crippen molar-refractivity contribution in [3.05, 3.63) is 24.3 Å². The van der Waals surface area contributed by atoms with Crippen LogP contribution in [-0.4, -0.2) is 0 Å². The zero-order valence-corrected chi connectivity index (χ0v) is 14.9. The molecule has 21 heavy (non-hydrogen) atoms. The van der Waals surface area contributed by atoms with Gasteiger partial charge in [0.15, 0.2) is 0 Å². The second kappa shape index (κ2) is 19.5. The Morgan fingerprint density at radius 2 is 0.857 bits per heavy atom. The topological polar surface area (TPSA) is 0 Å². The molecule has 0 saturated carbocycles. The van der Waals surface area contributed by atoms with E-state index < -0.39 is 0 Å². The van der Waals surface area contributed by atoms with E-state index in [1.807, 2.05) is 0 Å². The summed E-state index contributed by atoms with van der Waals surface area (Å²) in [4.78, 5) is 0. The molecule has 0 aliphatic rings. The van der Waals surface area contributed by atoms with Crippen LogP contribution in [-0.2, 0) is 0 Å². The van der Waals surface area contributed by atoms with Crippen LogP contribution in [0.4, 0.5) is 0 Å². The van der Waals surface area contributed by atoms with Crippen molar-refractivity contribution in [2.24, 2.45) is 0 Å². The zero-order valence-electron chi connectivity index (χ0n) is 14.9. The summed E-state index contributed by atoms with van der Waals surface area (Å²) in [7, 11) is 0. The van der Waals surface area contributed by atoms with Crippen molar-refractivity contribution in [1.29, 1.82) is 0 Å². The molecule has 0 bridgehead atoms. The molecule has 0 rings (SSSR count).